The lowest BCUT2D eigenvalue weighted by molar-refractivity contribution is 0.102. The standard InChI is InChI=1S/C23H18N2O4S2/c26-18-12-14(5-7-16(18)24-22(28)20-3-1-9-30-20)11-15-6-8-17(19(27)13-15)25-23(29)21-4-2-10-31-21/h1-10,12-13,26-27H,11H2,(H,24,28)(H,25,29). The van der Waals surface area contributed by atoms with Crippen molar-refractivity contribution in [3.63, 3.8) is 0 Å². The Morgan fingerprint density at radius 3 is 1.52 bits per heavy atom. The van der Waals surface area contributed by atoms with E-state index < -0.39 is 0 Å². The zero-order valence-electron chi connectivity index (χ0n) is 16.2. The molecule has 0 saturated carbocycles. The number of phenolic OH excluding ortho intramolecular Hbond substituents is 2. The van der Waals surface area contributed by atoms with Crippen LogP contribution in [0, 0.1) is 0 Å². The van der Waals surface area contributed by atoms with E-state index in [0.717, 1.165) is 11.1 Å². The maximum absolute atomic E-state index is 12.2. The third-order valence-electron chi connectivity index (χ3n) is 4.52. The molecule has 4 aromatic rings. The van der Waals surface area contributed by atoms with E-state index in [4.69, 9.17) is 0 Å². The molecule has 156 valence electrons. The Morgan fingerprint density at radius 1 is 0.710 bits per heavy atom. The molecule has 2 heterocycles. The van der Waals surface area contributed by atoms with Crippen molar-refractivity contribution in [2.24, 2.45) is 0 Å². The average Bonchev–Trinajstić information content (AvgIpc) is 3.46. The summed E-state index contributed by atoms with van der Waals surface area (Å²) in [7, 11) is 0. The number of rotatable bonds is 6. The monoisotopic (exact) mass is 450 g/mol. The van der Waals surface area contributed by atoms with E-state index in [1.807, 2.05) is 10.8 Å². The van der Waals surface area contributed by atoms with Crippen LogP contribution in [0.1, 0.15) is 30.5 Å². The smallest absolute Gasteiger partial charge is 0.265 e. The van der Waals surface area contributed by atoms with Gasteiger partial charge in [0.1, 0.15) is 11.5 Å². The molecule has 0 fully saturated rings. The van der Waals surface area contributed by atoms with E-state index in [1.165, 1.54) is 22.7 Å². The number of thiophene rings is 2. The van der Waals surface area contributed by atoms with Crippen molar-refractivity contribution in [1.29, 1.82) is 0 Å². The number of amides is 2. The van der Waals surface area contributed by atoms with Crippen molar-refractivity contribution in [2.75, 3.05) is 10.6 Å². The largest absolute Gasteiger partial charge is 0.506 e. The van der Waals surface area contributed by atoms with Gasteiger partial charge in [0, 0.05) is 0 Å². The molecule has 6 nitrogen and oxygen atoms in total. The molecule has 0 aliphatic rings. The molecule has 31 heavy (non-hydrogen) atoms. The molecule has 4 N–H and O–H groups in total. The van der Waals surface area contributed by atoms with Crippen LogP contribution in [0.15, 0.2) is 71.4 Å². The zero-order valence-corrected chi connectivity index (χ0v) is 17.8. The SMILES string of the molecule is O=C(Nc1ccc(Cc2ccc(NC(=O)c3cccs3)c(O)c2)cc1O)c1cccs1. The molecular formula is C23H18N2O4S2. The van der Waals surface area contributed by atoms with E-state index in [9.17, 15) is 19.8 Å². The van der Waals surface area contributed by atoms with Gasteiger partial charge in [-0.1, -0.05) is 24.3 Å². The van der Waals surface area contributed by atoms with Crippen LogP contribution < -0.4 is 10.6 Å². The molecule has 2 aromatic carbocycles. The minimum atomic E-state index is -0.275. The van der Waals surface area contributed by atoms with Crippen molar-refractivity contribution >= 4 is 45.9 Å². The summed E-state index contributed by atoms with van der Waals surface area (Å²) < 4.78 is 0. The third kappa shape index (κ3) is 4.93. The first-order valence-electron chi connectivity index (χ1n) is 9.33. The van der Waals surface area contributed by atoms with E-state index >= 15 is 0 Å². The van der Waals surface area contributed by atoms with E-state index in [1.54, 1.807) is 60.7 Å². The molecule has 0 saturated heterocycles. The van der Waals surface area contributed by atoms with Crippen LogP contribution in [0.25, 0.3) is 0 Å². The number of nitrogens with one attached hydrogen (secondary N) is 2. The minimum Gasteiger partial charge on any atom is -0.506 e. The van der Waals surface area contributed by atoms with E-state index in [2.05, 4.69) is 10.6 Å². The molecule has 0 spiro atoms. The molecule has 0 bridgehead atoms. The highest BCUT2D eigenvalue weighted by atomic mass is 32.1. The third-order valence-corrected chi connectivity index (χ3v) is 6.26. The molecule has 0 aliphatic heterocycles. The Bertz CT molecular complexity index is 1120. The van der Waals surface area contributed by atoms with Gasteiger partial charge in [-0.2, -0.15) is 0 Å². The van der Waals surface area contributed by atoms with Crippen LogP contribution in [-0.2, 0) is 6.42 Å². The van der Waals surface area contributed by atoms with Crippen LogP contribution in [-0.4, -0.2) is 22.0 Å². The predicted octanol–water partition coefficient (Wildman–Crippen LogP) is 5.32. The molecule has 0 atom stereocenters. The number of hydrogen-bond acceptors (Lipinski definition) is 6. The second-order valence-electron chi connectivity index (χ2n) is 6.74. The van der Waals surface area contributed by atoms with Crippen LogP contribution >= 0.6 is 22.7 Å². The van der Waals surface area contributed by atoms with Crippen molar-refractivity contribution in [3.05, 3.63) is 92.3 Å². The number of benzene rings is 2. The van der Waals surface area contributed by atoms with Gasteiger partial charge in [0.25, 0.3) is 11.8 Å². The molecule has 8 heteroatoms. The number of anilines is 2. The fraction of sp³-hybridized carbons (Fsp3) is 0.0435. The maximum Gasteiger partial charge on any atom is 0.265 e. The van der Waals surface area contributed by atoms with Gasteiger partial charge in [-0.15, -0.1) is 22.7 Å². The molecule has 0 aliphatic carbocycles. The average molecular weight is 451 g/mol. The lowest BCUT2D eigenvalue weighted by Gasteiger charge is -2.11. The predicted molar refractivity (Wildman–Crippen MR) is 124 cm³/mol. The fourth-order valence-corrected chi connectivity index (χ4v) is 4.24. The fourth-order valence-electron chi connectivity index (χ4n) is 3.00. The lowest BCUT2D eigenvalue weighted by atomic mass is 10.0. The number of aromatic hydroxyl groups is 2. The van der Waals surface area contributed by atoms with Gasteiger partial charge >= 0.3 is 0 Å². The summed E-state index contributed by atoms with van der Waals surface area (Å²) in [5.74, 6) is -0.621. The molecular weight excluding hydrogens is 432 g/mol. The molecule has 4 rings (SSSR count). The Morgan fingerprint density at radius 2 is 1.16 bits per heavy atom. The maximum atomic E-state index is 12.2. The van der Waals surface area contributed by atoms with Gasteiger partial charge in [-0.05, 0) is 64.7 Å². The first-order chi connectivity index (χ1) is 15.0. The molecule has 0 unspecified atom stereocenters. The highest BCUT2D eigenvalue weighted by Crippen LogP contribution is 2.29. The van der Waals surface area contributed by atoms with Crippen molar-refractivity contribution in [3.8, 4) is 11.5 Å². The van der Waals surface area contributed by atoms with Crippen molar-refractivity contribution in [2.45, 2.75) is 6.42 Å². The Labute approximate surface area is 186 Å². The van der Waals surface area contributed by atoms with Gasteiger partial charge < -0.3 is 20.8 Å². The summed E-state index contributed by atoms with van der Waals surface area (Å²) in [5, 5.41) is 29.6. The second kappa shape index (κ2) is 9.03. The van der Waals surface area contributed by atoms with Gasteiger partial charge in [0.2, 0.25) is 0 Å². The molecule has 2 amide bonds. The van der Waals surface area contributed by atoms with Crippen LogP contribution in [0.4, 0.5) is 11.4 Å². The van der Waals surface area contributed by atoms with Gasteiger partial charge in [0.15, 0.2) is 0 Å². The van der Waals surface area contributed by atoms with Gasteiger partial charge in [0.05, 0.1) is 21.1 Å². The van der Waals surface area contributed by atoms with Crippen LogP contribution in [0.3, 0.4) is 0 Å². The first-order valence-corrected chi connectivity index (χ1v) is 11.1. The van der Waals surface area contributed by atoms with E-state index in [-0.39, 0.29) is 23.3 Å². The summed E-state index contributed by atoms with van der Waals surface area (Å²) in [6.45, 7) is 0. The van der Waals surface area contributed by atoms with Crippen molar-refractivity contribution in [1.82, 2.24) is 0 Å². The van der Waals surface area contributed by atoms with Gasteiger partial charge in [-0.3, -0.25) is 9.59 Å². The Balaban J connectivity index is 1.43. The quantitative estimate of drug-likeness (QED) is 0.299. The number of phenols is 2. The molecule has 2 aromatic heterocycles. The van der Waals surface area contributed by atoms with Gasteiger partial charge in [-0.25, -0.2) is 0 Å². The first kappa shape index (κ1) is 20.6. The topological polar surface area (TPSA) is 98.7 Å². The lowest BCUT2D eigenvalue weighted by Crippen LogP contribution is -2.10. The summed E-state index contributed by atoms with van der Waals surface area (Å²) in [4.78, 5) is 25.4. The Kier molecular flexibility index (Phi) is 6.01. The minimum absolute atomic E-state index is 0.0357. The molecule has 0 radical (unpaired) electrons. The van der Waals surface area contributed by atoms with Crippen molar-refractivity contribution < 1.29 is 19.8 Å². The summed E-state index contributed by atoms with van der Waals surface area (Å²) >= 11 is 2.65. The normalized spacial score (nSPS) is 10.6. The highest BCUT2D eigenvalue weighted by Gasteiger charge is 2.12. The number of carbonyl (C=O) groups excluding carboxylic acids is 2. The highest BCUT2D eigenvalue weighted by molar-refractivity contribution is 7.12. The Hall–Kier alpha value is -3.62. The second-order valence-corrected chi connectivity index (χ2v) is 8.64. The summed E-state index contributed by atoms with van der Waals surface area (Å²) in [6.07, 6.45) is 0.458. The summed E-state index contributed by atoms with van der Waals surface area (Å²) in [6, 6.07) is 17.0. The number of hydrogen-bond donors (Lipinski definition) is 4. The zero-order chi connectivity index (χ0) is 21.8. The van der Waals surface area contributed by atoms with E-state index in [0.29, 0.717) is 27.5 Å². The number of carbonyl (C=O) groups is 2. The van der Waals surface area contributed by atoms with Crippen LogP contribution in [0.2, 0.25) is 0 Å². The summed E-state index contributed by atoms with van der Waals surface area (Å²) in [5.41, 5.74) is 2.27. The van der Waals surface area contributed by atoms with Crippen LogP contribution in [0.5, 0.6) is 11.5 Å².